The SMILES string of the molecule is C=CC/C(=C(\C)C(=O)O)c1ccccc1. The summed E-state index contributed by atoms with van der Waals surface area (Å²) in [7, 11) is 0. The van der Waals surface area contributed by atoms with E-state index in [-0.39, 0.29) is 0 Å². The molecule has 0 fully saturated rings. The van der Waals surface area contributed by atoms with Crippen LogP contribution in [0.25, 0.3) is 5.57 Å². The molecule has 0 aliphatic rings. The first-order valence-corrected chi connectivity index (χ1v) is 4.76. The van der Waals surface area contributed by atoms with E-state index in [1.807, 2.05) is 30.3 Å². The zero-order valence-electron chi connectivity index (χ0n) is 8.73. The van der Waals surface area contributed by atoms with Crippen molar-refractivity contribution < 1.29 is 9.90 Å². The van der Waals surface area contributed by atoms with Gasteiger partial charge in [0.15, 0.2) is 0 Å². The Morgan fingerprint density at radius 2 is 2.00 bits per heavy atom. The molecule has 0 spiro atoms. The number of carboxylic acids is 1. The summed E-state index contributed by atoms with van der Waals surface area (Å²) in [6.07, 6.45) is 2.29. The second-order valence-electron chi connectivity index (χ2n) is 3.27. The Morgan fingerprint density at radius 3 is 2.47 bits per heavy atom. The van der Waals surface area contributed by atoms with Crippen LogP contribution in [0.5, 0.6) is 0 Å². The Kier molecular flexibility index (Phi) is 3.86. The van der Waals surface area contributed by atoms with Gasteiger partial charge in [-0.25, -0.2) is 4.79 Å². The molecule has 0 bridgehead atoms. The van der Waals surface area contributed by atoms with Crippen LogP contribution in [0.15, 0.2) is 48.6 Å². The van der Waals surface area contributed by atoms with Gasteiger partial charge < -0.3 is 5.11 Å². The average molecular weight is 202 g/mol. The maximum absolute atomic E-state index is 10.9. The van der Waals surface area contributed by atoms with Crippen molar-refractivity contribution in [2.45, 2.75) is 13.3 Å². The quantitative estimate of drug-likeness (QED) is 0.601. The molecule has 0 aromatic heterocycles. The van der Waals surface area contributed by atoms with Crippen molar-refractivity contribution in [3.05, 3.63) is 54.1 Å². The van der Waals surface area contributed by atoms with E-state index < -0.39 is 5.97 Å². The summed E-state index contributed by atoms with van der Waals surface area (Å²) >= 11 is 0. The normalized spacial score (nSPS) is 11.8. The first-order valence-electron chi connectivity index (χ1n) is 4.76. The van der Waals surface area contributed by atoms with E-state index in [9.17, 15) is 4.79 Å². The Bertz CT molecular complexity index is 388. The van der Waals surface area contributed by atoms with Crippen molar-refractivity contribution in [1.82, 2.24) is 0 Å². The van der Waals surface area contributed by atoms with Crippen LogP contribution in [0.1, 0.15) is 18.9 Å². The van der Waals surface area contributed by atoms with Crippen molar-refractivity contribution in [1.29, 1.82) is 0 Å². The van der Waals surface area contributed by atoms with Gasteiger partial charge in [0.25, 0.3) is 0 Å². The summed E-state index contributed by atoms with van der Waals surface area (Å²) in [4.78, 5) is 10.9. The lowest BCUT2D eigenvalue weighted by atomic mass is 9.98. The van der Waals surface area contributed by atoms with Crippen LogP contribution >= 0.6 is 0 Å². The van der Waals surface area contributed by atoms with Gasteiger partial charge in [-0.3, -0.25) is 0 Å². The number of rotatable bonds is 4. The lowest BCUT2D eigenvalue weighted by Gasteiger charge is -2.07. The van der Waals surface area contributed by atoms with E-state index in [1.54, 1.807) is 13.0 Å². The van der Waals surface area contributed by atoms with Crippen LogP contribution in [-0.2, 0) is 4.79 Å². The van der Waals surface area contributed by atoms with Crippen molar-refractivity contribution >= 4 is 11.5 Å². The maximum Gasteiger partial charge on any atom is 0.331 e. The largest absolute Gasteiger partial charge is 0.478 e. The average Bonchev–Trinajstić information content (AvgIpc) is 2.26. The third-order valence-corrected chi connectivity index (χ3v) is 2.24. The topological polar surface area (TPSA) is 37.3 Å². The summed E-state index contributed by atoms with van der Waals surface area (Å²) in [5.41, 5.74) is 2.14. The minimum atomic E-state index is -0.879. The zero-order chi connectivity index (χ0) is 11.3. The van der Waals surface area contributed by atoms with Gasteiger partial charge in [-0.2, -0.15) is 0 Å². The van der Waals surface area contributed by atoms with E-state index in [4.69, 9.17) is 5.11 Å². The van der Waals surface area contributed by atoms with Gasteiger partial charge in [-0.1, -0.05) is 36.4 Å². The van der Waals surface area contributed by atoms with Crippen LogP contribution in [0.4, 0.5) is 0 Å². The van der Waals surface area contributed by atoms with Crippen molar-refractivity contribution in [3.8, 4) is 0 Å². The minimum Gasteiger partial charge on any atom is -0.478 e. The molecule has 1 aromatic rings. The van der Waals surface area contributed by atoms with E-state index in [2.05, 4.69) is 6.58 Å². The van der Waals surface area contributed by atoms with Gasteiger partial charge in [-0.05, 0) is 24.5 Å². The van der Waals surface area contributed by atoms with E-state index in [0.717, 1.165) is 11.1 Å². The number of hydrogen-bond donors (Lipinski definition) is 1. The van der Waals surface area contributed by atoms with Gasteiger partial charge in [0.05, 0.1) is 0 Å². The maximum atomic E-state index is 10.9. The lowest BCUT2D eigenvalue weighted by Crippen LogP contribution is -2.00. The van der Waals surface area contributed by atoms with E-state index in [1.165, 1.54) is 0 Å². The molecule has 0 unspecified atom stereocenters. The molecule has 2 heteroatoms. The Morgan fingerprint density at radius 1 is 1.40 bits per heavy atom. The van der Waals surface area contributed by atoms with Crippen LogP contribution in [0.2, 0.25) is 0 Å². The third-order valence-electron chi connectivity index (χ3n) is 2.24. The summed E-state index contributed by atoms with van der Waals surface area (Å²) in [5.74, 6) is -0.879. The molecule has 78 valence electrons. The fourth-order valence-electron chi connectivity index (χ4n) is 1.40. The predicted octanol–water partition coefficient (Wildman–Crippen LogP) is 3.12. The first kappa shape index (κ1) is 11.2. The van der Waals surface area contributed by atoms with E-state index >= 15 is 0 Å². The molecule has 15 heavy (non-hydrogen) atoms. The monoisotopic (exact) mass is 202 g/mol. The smallest absolute Gasteiger partial charge is 0.331 e. The van der Waals surface area contributed by atoms with Gasteiger partial charge in [0.2, 0.25) is 0 Å². The van der Waals surface area contributed by atoms with Gasteiger partial charge in [0, 0.05) is 5.57 Å². The van der Waals surface area contributed by atoms with Crippen molar-refractivity contribution in [2.75, 3.05) is 0 Å². The molecular weight excluding hydrogens is 188 g/mol. The molecule has 0 saturated heterocycles. The Balaban J connectivity index is 3.20. The van der Waals surface area contributed by atoms with Crippen LogP contribution in [0.3, 0.4) is 0 Å². The molecule has 1 aromatic carbocycles. The first-order chi connectivity index (χ1) is 7.16. The standard InChI is InChI=1S/C13H14O2/c1-3-7-12(10(2)13(14)15)11-8-5-4-6-9-11/h3-6,8-9H,1,7H2,2H3,(H,14,15)/b12-10-. The molecule has 0 radical (unpaired) electrons. The van der Waals surface area contributed by atoms with E-state index in [0.29, 0.717) is 12.0 Å². The third kappa shape index (κ3) is 2.81. The van der Waals surface area contributed by atoms with Crippen LogP contribution < -0.4 is 0 Å². The molecule has 2 nitrogen and oxygen atoms in total. The fourth-order valence-corrected chi connectivity index (χ4v) is 1.40. The second-order valence-corrected chi connectivity index (χ2v) is 3.27. The predicted molar refractivity (Wildman–Crippen MR) is 61.5 cm³/mol. The van der Waals surface area contributed by atoms with Crippen LogP contribution in [0, 0.1) is 0 Å². The summed E-state index contributed by atoms with van der Waals surface area (Å²) in [6, 6.07) is 9.52. The highest BCUT2D eigenvalue weighted by Gasteiger charge is 2.09. The number of allylic oxidation sites excluding steroid dienone is 2. The van der Waals surface area contributed by atoms with Crippen molar-refractivity contribution in [2.24, 2.45) is 0 Å². The molecule has 0 saturated carbocycles. The highest BCUT2D eigenvalue weighted by atomic mass is 16.4. The summed E-state index contributed by atoms with van der Waals surface area (Å²) < 4.78 is 0. The number of hydrogen-bond acceptors (Lipinski definition) is 1. The molecule has 0 aliphatic heterocycles. The van der Waals surface area contributed by atoms with Crippen LogP contribution in [-0.4, -0.2) is 11.1 Å². The van der Waals surface area contributed by atoms with Gasteiger partial charge >= 0.3 is 5.97 Å². The zero-order valence-corrected chi connectivity index (χ0v) is 8.73. The number of aliphatic carboxylic acids is 1. The molecule has 1 N–H and O–H groups in total. The van der Waals surface area contributed by atoms with Crippen molar-refractivity contribution in [3.63, 3.8) is 0 Å². The van der Waals surface area contributed by atoms with Gasteiger partial charge in [0.1, 0.15) is 0 Å². The molecular formula is C13H14O2. The highest BCUT2D eigenvalue weighted by Crippen LogP contribution is 2.22. The van der Waals surface area contributed by atoms with Gasteiger partial charge in [-0.15, -0.1) is 6.58 Å². The Labute approximate surface area is 89.6 Å². The number of carboxylic acid groups (broad SMARTS) is 1. The lowest BCUT2D eigenvalue weighted by molar-refractivity contribution is -0.132. The summed E-state index contributed by atoms with van der Waals surface area (Å²) in [6.45, 7) is 5.26. The molecule has 0 aliphatic carbocycles. The number of carbonyl (C=O) groups is 1. The molecule has 1 rings (SSSR count). The number of benzene rings is 1. The molecule has 0 heterocycles. The highest BCUT2D eigenvalue weighted by molar-refractivity contribution is 5.96. The molecule has 0 atom stereocenters. The second kappa shape index (κ2) is 5.15. The molecule has 0 amide bonds. The summed E-state index contributed by atoms with van der Waals surface area (Å²) in [5, 5.41) is 8.95. The fraction of sp³-hybridized carbons (Fsp3) is 0.154. The Hall–Kier alpha value is -1.83. The minimum absolute atomic E-state index is 0.376.